The van der Waals surface area contributed by atoms with E-state index in [1.54, 1.807) is 12.1 Å². The molecule has 0 aliphatic carbocycles. The van der Waals surface area contributed by atoms with E-state index in [9.17, 15) is 19.8 Å². The minimum absolute atomic E-state index is 0.0197. The summed E-state index contributed by atoms with van der Waals surface area (Å²) in [7, 11) is 0. The molecule has 1 amide bonds. The lowest BCUT2D eigenvalue weighted by atomic mass is 10.2. The molecule has 0 atom stereocenters. The van der Waals surface area contributed by atoms with Gasteiger partial charge in [-0.15, -0.1) is 11.3 Å². The van der Waals surface area contributed by atoms with Crippen molar-refractivity contribution < 1.29 is 19.8 Å². The molecule has 3 aromatic rings. The molecule has 7 heteroatoms. The van der Waals surface area contributed by atoms with Gasteiger partial charge in [0.2, 0.25) is 0 Å². The summed E-state index contributed by atoms with van der Waals surface area (Å²) in [5.41, 5.74) is 0.845. The van der Waals surface area contributed by atoms with Gasteiger partial charge in [-0.05, 0) is 48.5 Å². The number of amides is 1. The van der Waals surface area contributed by atoms with E-state index >= 15 is 0 Å². The molecule has 0 unspecified atom stereocenters. The smallest absolute Gasteiger partial charge is 0.352 e. The van der Waals surface area contributed by atoms with Gasteiger partial charge in [0.15, 0.2) is 0 Å². The zero-order valence-electron chi connectivity index (χ0n) is 13.8. The molecule has 1 aromatic heterocycles. The number of phenols is 1. The minimum Gasteiger partial charge on any atom is -0.508 e. The van der Waals surface area contributed by atoms with Gasteiger partial charge in [-0.25, -0.2) is 4.79 Å². The van der Waals surface area contributed by atoms with E-state index in [-0.39, 0.29) is 17.0 Å². The molecule has 0 saturated heterocycles. The maximum Gasteiger partial charge on any atom is 0.352 e. The van der Waals surface area contributed by atoms with E-state index in [4.69, 9.17) is 11.6 Å². The summed E-state index contributed by atoms with van der Waals surface area (Å²) in [6.07, 6.45) is 1.39. The summed E-state index contributed by atoms with van der Waals surface area (Å²) in [4.78, 5) is 25.3. The Labute approximate surface area is 164 Å². The highest BCUT2D eigenvalue weighted by Crippen LogP contribution is 2.33. The number of hydrogen-bond donors (Lipinski definition) is 3. The molecular weight excluding hydrogens is 386 g/mol. The fraction of sp³-hybridized carbons (Fsp3) is 0. The first-order valence-corrected chi connectivity index (χ1v) is 9.03. The zero-order chi connectivity index (χ0) is 19.4. The van der Waals surface area contributed by atoms with Crippen LogP contribution in [0.15, 0.2) is 66.4 Å². The number of thiophene rings is 1. The highest BCUT2D eigenvalue weighted by atomic mass is 35.5. The van der Waals surface area contributed by atoms with Crippen molar-refractivity contribution in [1.29, 1.82) is 0 Å². The second-order valence-electron chi connectivity index (χ2n) is 5.55. The Morgan fingerprint density at radius 3 is 2.37 bits per heavy atom. The third-order valence-corrected chi connectivity index (χ3v) is 5.06. The van der Waals surface area contributed by atoms with E-state index < -0.39 is 11.9 Å². The van der Waals surface area contributed by atoms with E-state index in [1.807, 2.05) is 24.3 Å². The van der Waals surface area contributed by atoms with Crippen LogP contribution in [0, 0.1) is 0 Å². The maximum absolute atomic E-state index is 12.2. The second kappa shape index (κ2) is 8.07. The van der Waals surface area contributed by atoms with Gasteiger partial charge >= 0.3 is 5.97 Å². The van der Waals surface area contributed by atoms with Crippen LogP contribution in [-0.4, -0.2) is 22.1 Å². The molecule has 136 valence electrons. The van der Waals surface area contributed by atoms with E-state index in [0.717, 1.165) is 10.4 Å². The first-order chi connectivity index (χ1) is 12.9. The number of nitrogens with one attached hydrogen (secondary N) is 1. The largest absolute Gasteiger partial charge is 0.508 e. The summed E-state index contributed by atoms with van der Waals surface area (Å²) < 4.78 is 0. The molecule has 3 rings (SSSR count). The van der Waals surface area contributed by atoms with Gasteiger partial charge in [0.25, 0.3) is 5.91 Å². The monoisotopic (exact) mass is 399 g/mol. The Hall–Kier alpha value is -3.09. The molecule has 0 saturated carbocycles. The Balaban J connectivity index is 1.84. The van der Waals surface area contributed by atoms with Gasteiger partial charge in [0.1, 0.15) is 11.4 Å². The van der Waals surface area contributed by atoms with Gasteiger partial charge in [-0.3, -0.25) is 4.79 Å². The predicted molar refractivity (Wildman–Crippen MR) is 106 cm³/mol. The van der Waals surface area contributed by atoms with Crippen LogP contribution in [0.1, 0.15) is 15.2 Å². The fourth-order valence-corrected chi connectivity index (χ4v) is 3.62. The number of carbonyl (C=O) groups is 2. The Bertz CT molecular complexity index is 1020. The number of hydrogen-bond acceptors (Lipinski definition) is 4. The van der Waals surface area contributed by atoms with Crippen molar-refractivity contribution in [2.75, 3.05) is 0 Å². The van der Waals surface area contributed by atoms with Crippen LogP contribution in [0.4, 0.5) is 0 Å². The fourth-order valence-electron chi connectivity index (χ4n) is 2.34. The van der Waals surface area contributed by atoms with Gasteiger partial charge in [-0.1, -0.05) is 29.8 Å². The zero-order valence-corrected chi connectivity index (χ0v) is 15.4. The highest BCUT2D eigenvalue weighted by molar-refractivity contribution is 7.16. The maximum atomic E-state index is 12.2. The molecule has 1 heterocycles. The van der Waals surface area contributed by atoms with Crippen LogP contribution in [-0.2, 0) is 4.79 Å². The number of phenolic OH excluding ortho intramolecular Hbond substituents is 1. The SMILES string of the molecule is O=C(O)/C(=C/c1ccc(-c2ccccc2Cl)s1)NC(=O)c1ccc(O)cc1. The lowest BCUT2D eigenvalue weighted by molar-refractivity contribution is -0.132. The molecule has 0 fully saturated rings. The quantitative estimate of drug-likeness (QED) is 0.546. The summed E-state index contributed by atoms with van der Waals surface area (Å²) in [6.45, 7) is 0. The van der Waals surface area contributed by atoms with Crippen molar-refractivity contribution >= 4 is 40.9 Å². The summed E-state index contributed by atoms with van der Waals surface area (Å²) in [5, 5.41) is 21.7. The number of carbonyl (C=O) groups excluding carboxylic acids is 1. The van der Waals surface area contributed by atoms with Crippen molar-refractivity contribution in [3.63, 3.8) is 0 Å². The van der Waals surface area contributed by atoms with E-state index in [2.05, 4.69) is 5.32 Å². The van der Waals surface area contributed by atoms with Crippen LogP contribution < -0.4 is 5.32 Å². The number of benzene rings is 2. The third-order valence-electron chi connectivity index (χ3n) is 3.66. The van der Waals surface area contributed by atoms with E-state index in [1.165, 1.54) is 41.7 Å². The summed E-state index contributed by atoms with van der Waals surface area (Å²) >= 11 is 7.56. The molecule has 27 heavy (non-hydrogen) atoms. The number of aromatic hydroxyl groups is 1. The van der Waals surface area contributed by atoms with Crippen molar-refractivity contribution in [2.45, 2.75) is 0 Å². The number of carboxylic acids is 1. The van der Waals surface area contributed by atoms with Gasteiger partial charge < -0.3 is 15.5 Å². The molecular formula is C20H14ClNO4S. The molecule has 3 N–H and O–H groups in total. The van der Waals surface area contributed by atoms with Crippen LogP contribution in [0.25, 0.3) is 16.5 Å². The molecule has 0 bridgehead atoms. The Morgan fingerprint density at radius 2 is 1.70 bits per heavy atom. The summed E-state index contributed by atoms with van der Waals surface area (Å²) in [6, 6.07) is 16.5. The minimum atomic E-state index is -1.25. The van der Waals surface area contributed by atoms with Crippen LogP contribution in [0.3, 0.4) is 0 Å². The number of rotatable bonds is 5. The Kier molecular flexibility index (Phi) is 5.59. The van der Waals surface area contributed by atoms with E-state index in [0.29, 0.717) is 9.90 Å². The number of aliphatic carboxylic acids is 1. The van der Waals surface area contributed by atoms with Gasteiger partial charge in [0.05, 0.1) is 0 Å². The van der Waals surface area contributed by atoms with Gasteiger partial charge in [0, 0.05) is 25.9 Å². The van der Waals surface area contributed by atoms with Crippen LogP contribution >= 0.6 is 22.9 Å². The number of halogens is 1. The molecule has 0 aliphatic heterocycles. The second-order valence-corrected chi connectivity index (χ2v) is 7.07. The molecule has 5 nitrogen and oxygen atoms in total. The average molecular weight is 400 g/mol. The van der Waals surface area contributed by atoms with Crippen LogP contribution in [0.5, 0.6) is 5.75 Å². The first kappa shape index (κ1) is 18.7. The first-order valence-electron chi connectivity index (χ1n) is 7.84. The average Bonchev–Trinajstić information content (AvgIpc) is 3.10. The van der Waals surface area contributed by atoms with Crippen molar-refractivity contribution in [1.82, 2.24) is 5.32 Å². The highest BCUT2D eigenvalue weighted by Gasteiger charge is 2.14. The third kappa shape index (κ3) is 4.55. The summed E-state index contributed by atoms with van der Waals surface area (Å²) in [5.74, 6) is -1.81. The lowest BCUT2D eigenvalue weighted by Crippen LogP contribution is -2.27. The number of carboxylic acid groups (broad SMARTS) is 1. The normalized spacial score (nSPS) is 11.2. The van der Waals surface area contributed by atoms with Gasteiger partial charge in [-0.2, -0.15) is 0 Å². The molecule has 0 aliphatic rings. The molecule has 0 spiro atoms. The Morgan fingerprint density at radius 1 is 1.00 bits per heavy atom. The van der Waals surface area contributed by atoms with Crippen LogP contribution in [0.2, 0.25) is 5.02 Å². The topological polar surface area (TPSA) is 86.6 Å². The standard InChI is InChI=1S/C20H14ClNO4S/c21-16-4-2-1-3-15(16)18-10-9-14(27-18)11-17(20(25)26)22-19(24)12-5-7-13(23)8-6-12/h1-11,23H,(H,22,24)(H,25,26)/b17-11-. The van der Waals surface area contributed by atoms with Crippen molar-refractivity contribution in [2.24, 2.45) is 0 Å². The lowest BCUT2D eigenvalue weighted by Gasteiger charge is -2.06. The van der Waals surface area contributed by atoms with Crippen molar-refractivity contribution in [3.8, 4) is 16.2 Å². The molecule has 0 radical (unpaired) electrons. The van der Waals surface area contributed by atoms with Crippen molar-refractivity contribution in [3.05, 3.63) is 81.8 Å². The molecule has 2 aromatic carbocycles. The predicted octanol–water partition coefficient (Wildman–Crippen LogP) is 4.63.